The van der Waals surface area contributed by atoms with Crippen molar-refractivity contribution in [1.29, 1.82) is 0 Å². The van der Waals surface area contributed by atoms with Crippen LogP contribution in [-0.4, -0.2) is 80.1 Å². The number of carboxylic acids is 1. The van der Waals surface area contributed by atoms with Crippen molar-refractivity contribution in [3.63, 3.8) is 0 Å². The minimum absolute atomic E-state index is 0.243. The lowest BCUT2D eigenvalue weighted by Crippen LogP contribution is -2.50. The number of ether oxygens (including phenoxy) is 3. The molecule has 0 unspecified atom stereocenters. The maximum atomic E-state index is 11.3. The topological polar surface area (TPSA) is 95.9 Å². The number of rotatable bonds is 8. The lowest BCUT2D eigenvalue weighted by Gasteiger charge is -2.36. The molecule has 0 atom stereocenters. The van der Waals surface area contributed by atoms with Crippen LogP contribution in [0.3, 0.4) is 0 Å². The fourth-order valence-corrected chi connectivity index (χ4v) is 3.89. The van der Waals surface area contributed by atoms with E-state index < -0.39 is 5.97 Å². The highest BCUT2D eigenvalue weighted by Gasteiger charge is 2.21. The molecule has 176 valence electrons. The fraction of sp³-hybridized carbons (Fsp3) is 0.417. The van der Waals surface area contributed by atoms with Gasteiger partial charge in [0.15, 0.2) is 17.5 Å². The van der Waals surface area contributed by atoms with Crippen molar-refractivity contribution in [2.24, 2.45) is 4.99 Å². The predicted molar refractivity (Wildman–Crippen MR) is 125 cm³/mol. The van der Waals surface area contributed by atoms with E-state index in [9.17, 15) is 9.90 Å². The first-order valence-electron chi connectivity index (χ1n) is 11.1. The summed E-state index contributed by atoms with van der Waals surface area (Å²) < 4.78 is 16.0. The zero-order chi connectivity index (χ0) is 23.0. The first-order valence-corrected chi connectivity index (χ1v) is 11.1. The third kappa shape index (κ3) is 6.15. The molecule has 2 aromatic rings. The van der Waals surface area contributed by atoms with E-state index in [-0.39, 0.29) is 12.4 Å². The Balaban J connectivity index is 1.38. The number of carbonyl (C=O) groups is 1. The van der Waals surface area contributed by atoms with Gasteiger partial charge in [0.25, 0.3) is 0 Å². The monoisotopic (exact) mass is 454 g/mol. The maximum Gasteiger partial charge on any atom is 0.335 e. The minimum atomic E-state index is -0.950. The molecule has 0 saturated carbocycles. The molecule has 0 aliphatic carbocycles. The van der Waals surface area contributed by atoms with Crippen LogP contribution in [0.15, 0.2) is 47.5 Å². The minimum Gasteiger partial charge on any atom is -0.478 e. The van der Waals surface area contributed by atoms with Gasteiger partial charge in [-0.15, -0.1) is 0 Å². The molecule has 2 aromatic carbocycles. The van der Waals surface area contributed by atoms with E-state index in [2.05, 4.69) is 21.2 Å². The number of aliphatic imine (C=N–C) groups is 1. The molecule has 0 spiro atoms. The van der Waals surface area contributed by atoms with E-state index in [1.807, 2.05) is 18.2 Å². The number of fused-ring (bicyclic) bond motifs is 1. The predicted octanol–water partition coefficient (Wildman–Crippen LogP) is 2.74. The van der Waals surface area contributed by atoms with Gasteiger partial charge >= 0.3 is 5.97 Å². The molecular formula is C24H30N4O5. The second-order valence-corrected chi connectivity index (χ2v) is 8.01. The highest BCUT2D eigenvalue weighted by molar-refractivity contribution is 5.95. The van der Waals surface area contributed by atoms with Gasteiger partial charge in [-0.25, -0.2) is 4.79 Å². The standard InChI is InChI=1S/C24H30N4O5/c1-31-13-3-8-25-24(26-20-5-2-4-19(15-20)23(29)30)28-11-9-27(10-12-28)16-18-6-7-21-22(14-18)33-17-32-21/h2,4-7,14-15H,3,8-13,16-17H2,1H3,(H,25,26)(H,29,30). The van der Waals surface area contributed by atoms with Gasteiger partial charge in [-0.3, -0.25) is 9.89 Å². The SMILES string of the molecule is COCCCN=C(Nc1cccc(C(=O)O)c1)N1CCN(Cc2ccc3c(c2)OCO3)CC1. The quantitative estimate of drug-likeness (QED) is 0.357. The molecule has 4 rings (SSSR count). The third-order valence-electron chi connectivity index (χ3n) is 5.65. The summed E-state index contributed by atoms with van der Waals surface area (Å²) >= 11 is 0. The van der Waals surface area contributed by atoms with Gasteiger partial charge in [-0.2, -0.15) is 0 Å². The number of benzene rings is 2. The molecule has 0 radical (unpaired) electrons. The van der Waals surface area contributed by atoms with Crippen LogP contribution < -0.4 is 14.8 Å². The Bertz CT molecular complexity index is 989. The van der Waals surface area contributed by atoms with Crippen LogP contribution in [0.2, 0.25) is 0 Å². The Morgan fingerprint density at radius 1 is 1.12 bits per heavy atom. The zero-order valence-electron chi connectivity index (χ0n) is 18.8. The number of nitrogens with one attached hydrogen (secondary N) is 1. The Kier molecular flexibility index (Phi) is 7.64. The molecule has 2 aliphatic heterocycles. The van der Waals surface area contributed by atoms with Crippen molar-refractivity contribution < 1.29 is 24.1 Å². The van der Waals surface area contributed by atoms with Crippen molar-refractivity contribution >= 4 is 17.6 Å². The highest BCUT2D eigenvalue weighted by Crippen LogP contribution is 2.32. The lowest BCUT2D eigenvalue weighted by atomic mass is 10.1. The summed E-state index contributed by atoms with van der Waals surface area (Å²) in [4.78, 5) is 20.7. The molecule has 1 saturated heterocycles. The van der Waals surface area contributed by atoms with Gasteiger partial charge in [-0.1, -0.05) is 12.1 Å². The highest BCUT2D eigenvalue weighted by atomic mass is 16.7. The molecular weight excluding hydrogens is 424 g/mol. The lowest BCUT2D eigenvalue weighted by molar-refractivity contribution is 0.0697. The van der Waals surface area contributed by atoms with Crippen LogP contribution in [0.25, 0.3) is 0 Å². The Morgan fingerprint density at radius 3 is 2.73 bits per heavy atom. The smallest absolute Gasteiger partial charge is 0.335 e. The maximum absolute atomic E-state index is 11.3. The second-order valence-electron chi connectivity index (χ2n) is 8.01. The molecule has 2 aliphatic rings. The van der Waals surface area contributed by atoms with Crippen LogP contribution in [0.5, 0.6) is 11.5 Å². The van der Waals surface area contributed by atoms with E-state index in [0.717, 1.165) is 56.6 Å². The van der Waals surface area contributed by atoms with Crippen molar-refractivity contribution in [2.45, 2.75) is 13.0 Å². The van der Waals surface area contributed by atoms with Crippen LogP contribution in [0.1, 0.15) is 22.3 Å². The molecule has 0 amide bonds. The number of anilines is 1. The molecule has 1 fully saturated rings. The molecule has 9 heteroatoms. The first-order chi connectivity index (χ1) is 16.1. The number of guanidine groups is 1. The fourth-order valence-electron chi connectivity index (χ4n) is 3.89. The van der Waals surface area contributed by atoms with E-state index >= 15 is 0 Å². The number of aromatic carboxylic acids is 1. The van der Waals surface area contributed by atoms with Gasteiger partial charge in [0.1, 0.15) is 0 Å². The largest absolute Gasteiger partial charge is 0.478 e. The van der Waals surface area contributed by atoms with E-state index in [0.29, 0.717) is 18.8 Å². The van der Waals surface area contributed by atoms with Gasteiger partial charge < -0.3 is 29.5 Å². The van der Waals surface area contributed by atoms with Gasteiger partial charge in [-0.05, 0) is 42.3 Å². The third-order valence-corrected chi connectivity index (χ3v) is 5.65. The Labute approximate surface area is 193 Å². The van der Waals surface area contributed by atoms with Crippen molar-refractivity contribution in [1.82, 2.24) is 9.80 Å². The molecule has 9 nitrogen and oxygen atoms in total. The summed E-state index contributed by atoms with van der Waals surface area (Å²) in [5, 5.41) is 12.6. The van der Waals surface area contributed by atoms with E-state index in [1.54, 1.807) is 25.3 Å². The van der Waals surface area contributed by atoms with Crippen LogP contribution in [-0.2, 0) is 11.3 Å². The summed E-state index contributed by atoms with van der Waals surface area (Å²) in [6.07, 6.45) is 0.820. The Hall–Kier alpha value is -3.30. The summed E-state index contributed by atoms with van der Waals surface area (Å²) in [6.45, 7) is 5.83. The number of hydrogen-bond donors (Lipinski definition) is 2. The van der Waals surface area contributed by atoms with E-state index in [4.69, 9.17) is 19.2 Å². The summed E-state index contributed by atoms with van der Waals surface area (Å²) in [7, 11) is 1.68. The summed E-state index contributed by atoms with van der Waals surface area (Å²) in [6, 6.07) is 12.9. The zero-order valence-corrected chi connectivity index (χ0v) is 18.8. The first kappa shape index (κ1) is 22.9. The normalized spacial score (nSPS) is 16.2. The van der Waals surface area contributed by atoms with Crippen molar-refractivity contribution in [3.8, 4) is 11.5 Å². The summed E-state index contributed by atoms with van der Waals surface area (Å²) in [5.41, 5.74) is 2.15. The molecule has 2 heterocycles. The number of carboxylic acid groups (broad SMARTS) is 1. The van der Waals surface area contributed by atoms with Crippen molar-refractivity contribution in [2.75, 3.05) is 58.6 Å². The number of piperazine rings is 1. The second kappa shape index (κ2) is 11.0. The van der Waals surface area contributed by atoms with Crippen LogP contribution in [0.4, 0.5) is 5.69 Å². The molecule has 2 N–H and O–H groups in total. The molecule has 0 aromatic heterocycles. The van der Waals surface area contributed by atoms with Crippen LogP contribution >= 0.6 is 0 Å². The summed E-state index contributed by atoms with van der Waals surface area (Å²) in [5.74, 6) is 1.42. The van der Waals surface area contributed by atoms with Gasteiger partial charge in [0.05, 0.1) is 5.56 Å². The number of hydrogen-bond acceptors (Lipinski definition) is 6. The van der Waals surface area contributed by atoms with E-state index in [1.165, 1.54) is 5.56 Å². The van der Waals surface area contributed by atoms with Crippen LogP contribution in [0, 0.1) is 0 Å². The van der Waals surface area contributed by atoms with Gasteiger partial charge in [0, 0.05) is 58.7 Å². The van der Waals surface area contributed by atoms with Crippen molar-refractivity contribution in [3.05, 3.63) is 53.6 Å². The number of methoxy groups -OCH3 is 1. The Morgan fingerprint density at radius 2 is 1.94 bits per heavy atom. The average molecular weight is 455 g/mol. The van der Waals surface area contributed by atoms with Gasteiger partial charge in [0.2, 0.25) is 6.79 Å². The molecule has 33 heavy (non-hydrogen) atoms. The average Bonchev–Trinajstić information content (AvgIpc) is 3.30. The molecule has 0 bridgehead atoms. The number of nitrogens with zero attached hydrogens (tertiary/aromatic N) is 3.